The molecule has 0 atom stereocenters. The number of aromatic nitrogens is 2. The second-order valence-corrected chi connectivity index (χ2v) is 4.16. The fraction of sp³-hybridized carbons (Fsp3) is 0.308. The molecular formula is C13H14N2O4. The first-order valence-electron chi connectivity index (χ1n) is 5.90. The van der Waals surface area contributed by atoms with E-state index in [1.54, 1.807) is 6.07 Å². The number of fused-ring (bicyclic) bond motifs is 1. The Labute approximate surface area is 109 Å². The summed E-state index contributed by atoms with van der Waals surface area (Å²) in [6.45, 7) is 4.98. The van der Waals surface area contributed by atoms with E-state index in [1.165, 1.54) is 26.0 Å². The van der Waals surface area contributed by atoms with Crippen molar-refractivity contribution in [2.24, 2.45) is 0 Å². The third kappa shape index (κ3) is 2.05. The molecule has 0 saturated carbocycles. The number of benzene rings is 1. The number of ketones is 1. The molecule has 0 aliphatic heterocycles. The van der Waals surface area contributed by atoms with Crippen molar-refractivity contribution in [2.75, 3.05) is 6.61 Å². The van der Waals surface area contributed by atoms with Gasteiger partial charge in [0.2, 0.25) is 5.78 Å². The van der Waals surface area contributed by atoms with E-state index in [-0.39, 0.29) is 22.4 Å². The van der Waals surface area contributed by atoms with Crippen LogP contribution in [0, 0.1) is 17.0 Å². The van der Waals surface area contributed by atoms with Crippen molar-refractivity contribution >= 4 is 16.8 Å². The molecule has 0 bridgehead atoms. The molecule has 1 aromatic carbocycles. The lowest BCUT2D eigenvalue weighted by atomic mass is 10.2. The van der Waals surface area contributed by atoms with Gasteiger partial charge in [0.05, 0.1) is 22.8 Å². The molecular weight excluding hydrogens is 248 g/mol. The van der Waals surface area contributed by atoms with Gasteiger partial charge in [-0.1, -0.05) is 0 Å². The molecule has 1 aromatic heterocycles. The number of ether oxygens (including phenoxy) is 1. The molecule has 6 heteroatoms. The molecule has 0 N–H and O–H groups in total. The van der Waals surface area contributed by atoms with Crippen LogP contribution in [0.3, 0.4) is 0 Å². The first-order chi connectivity index (χ1) is 8.97. The van der Waals surface area contributed by atoms with Crippen LogP contribution in [-0.4, -0.2) is 17.1 Å². The van der Waals surface area contributed by atoms with Crippen molar-refractivity contribution in [1.82, 2.24) is 4.73 Å². The van der Waals surface area contributed by atoms with Crippen LogP contribution in [0.2, 0.25) is 0 Å². The number of nitrogens with zero attached hydrogens (tertiary/aromatic N) is 2. The standard InChI is InChI=1S/C13H14N2O4/c1-4-19-10-5-6-11-12(7-10)15(18)13(9(3)16)8(2)14(11)17/h5-7H,4H2,1-3H3. The zero-order valence-electron chi connectivity index (χ0n) is 11.0. The van der Waals surface area contributed by atoms with E-state index in [1.807, 2.05) is 6.92 Å². The highest BCUT2D eigenvalue weighted by molar-refractivity contribution is 5.93. The summed E-state index contributed by atoms with van der Waals surface area (Å²) < 4.78 is 6.37. The molecule has 0 aliphatic rings. The molecule has 0 fully saturated rings. The Morgan fingerprint density at radius 3 is 2.74 bits per heavy atom. The summed E-state index contributed by atoms with van der Waals surface area (Å²) in [5.74, 6) is 0.0405. The highest BCUT2D eigenvalue weighted by Crippen LogP contribution is 2.20. The minimum atomic E-state index is -0.444. The summed E-state index contributed by atoms with van der Waals surface area (Å²) in [4.78, 5) is 23.7. The van der Waals surface area contributed by atoms with Crippen LogP contribution in [0.15, 0.2) is 18.2 Å². The molecule has 0 aliphatic carbocycles. The van der Waals surface area contributed by atoms with Crippen molar-refractivity contribution in [3.05, 3.63) is 39.7 Å². The van der Waals surface area contributed by atoms with Gasteiger partial charge in [-0.2, -0.15) is 0 Å². The summed E-state index contributed by atoms with van der Waals surface area (Å²) in [6, 6.07) is 4.60. The fourth-order valence-corrected chi connectivity index (χ4v) is 2.04. The number of hydrogen-bond acceptors (Lipinski definition) is 4. The van der Waals surface area contributed by atoms with Gasteiger partial charge in [0, 0.05) is 11.8 Å². The second kappa shape index (κ2) is 4.72. The lowest BCUT2D eigenvalue weighted by Gasteiger charge is -2.16. The molecule has 100 valence electrons. The average Bonchev–Trinajstić information content (AvgIpc) is 2.36. The number of Topliss-reactive ketones (excluding diaryl/α,β-unsaturated/α-hetero) is 1. The van der Waals surface area contributed by atoms with Gasteiger partial charge < -0.3 is 14.7 Å². The van der Waals surface area contributed by atoms with Crippen LogP contribution in [0.4, 0.5) is 0 Å². The first-order valence-corrected chi connectivity index (χ1v) is 5.90. The van der Waals surface area contributed by atoms with E-state index in [0.29, 0.717) is 21.5 Å². The quantitative estimate of drug-likeness (QED) is 0.624. The first kappa shape index (κ1) is 13.1. The zero-order chi connectivity index (χ0) is 14.2. The van der Waals surface area contributed by atoms with Crippen LogP contribution in [0.25, 0.3) is 11.0 Å². The van der Waals surface area contributed by atoms with E-state index in [0.717, 1.165) is 0 Å². The summed E-state index contributed by atoms with van der Waals surface area (Å²) >= 11 is 0. The van der Waals surface area contributed by atoms with E-state index < -0.39 is 5.78 Å². The normalized spacial score (nSPS) is 10.7. The summed E-state index contributed by atoms with van der Waals surface area (Å²) in [7, 11) is 0. The predicted octanol–water partition coefficient (Wildman–Crippen LogP) is 1.81. The Morgan fingerprint density at radius 2 is 2.16 bits per heavy atom. The number of rotatable bonds is 3. The number of hydrogen-bond donors (Lipinski definition) is 0. The molecule has 1 heterocycles. The van der Waals surface area contributed by atoms with Crippen molar-refractivity contribution in [3.8, 4) is 5.75 Å². The van der Waals surface area contributed by atoms with Crippen LogP contribution in [0.1, 0.15) is 30.0 Å². The molecule has 0 unspecified atom stereocenters. The van der Waals surface area contributed by atoms with E-state index >= 15 is 0 Å². The fourth-order valence-electron chi connectivity index (χ4n) is 2.04. The van der Waals surface area contributed by atoms with Gasteiger partial charge in [-0.05, 0) is 26.0 Å². The topological polar surface area (TPSA) is 77.3 Å². The summed E-state index contributed by atoms with van der Waals surface area (Å²) in [5.41, 5.74) is 0.285. The van der Waals surface area contributed by atoms with Gasteiger partial charge in [-0.25, -0.2) is 0 Å². The van der Waals surface area contributed by atoms with Gasteiger partial charge in [0.15, 0.2) is 0 Å². The zero-order valence-corrected chi connectivity index (χ0v) is 11.0. The smallest absolute Gasteiger partial charge is 0.324 e. The maximum absolute atomic E-state index is 12.2. The molecule has 0 saturated heterocycles. The molecule has 2 rings (SSSR count). The Morgan fingerprint density at radius 1 is 1.47 bits per heavy atom. The predicted molar refractivity (Wildman–Crippen MR) is 70.0 cm³/mol. The van der Waals surface area contributed by atoms with E-state index in [2.05, 4.69) is 0 Å². The van der Waals surface area contributed by atoms with Crippen LogP contribution in [0.5, 0.6) is 5.75 Å². The van der Waals surface area contributed by atoms with Crippen LogP contribution in [-0.2, 0) is 0 Å². The molecule has 2 aromatic rings. The van der Waals surface area contributed by atoms with Crippen molar-refractivity contribution in [1.29, 1.82) is 0 Å². The Balaban J connectivity index is 2.87. The molecule has 0 spiro atoms. The van der Waals surface area contributed by atoms with Gasteiger partial charge in [0.25, 0.3) is 5.52 Å². The second-order valence-electron chi connectivity index (χ2n) is 4.16. The number of carbonyl (C=O) groups is 1. The lowest BCUT2D eigenvalue weighted by molar-refractivity contribution is -0.468. The molecule has 19 heavy (non-hydrogen) atoms. The third-order valence-corrected chi connectivity index (χ3v) is 2.88. The maximum Gasteiger partial charge on any atom is 0.324 e. The van der Waals surface area contributed by atoms with Crippen LogP contribution < -0.4 is 9.16 Å². The van der Waals surface area contributed by atoms with Gasteiger partial charge in [-0.3, -0.25) is 4.79 Å². The monoisotopic (exact) mass is 262 g/mol. The summed E-state index contributed by atoms with van der Waals surface area (Å²) in [6.07, 6.45) is 0. The average molecular weight is 262 g/mol. The Bertz CT molecular complexity index is 719. The van der Waals surface area contributed by atoms with Crippen molar-refractivity contribution in [3.63, 3.8) is 0 Å². The largest absolute Gasteiger partial charge is 0.805 e. The minimum Gasteiger partial charge on any atom is -0.805 e. The molecule has 6 nitrogen and oxygen atoms in total. The van der Waals surface area contributed by atoms with Crippen LogP contribution >= 0.6 is 0 Å². The molecule has 0 radical (unpaired) electrons. The molecule has 0 amide bonds. The van der Waals surface area contributed by atoms with E-state index in [4.69, 9.17) is 4.74 Å². The SMILES string of the molecule is CCOc1ccc2c(c1)[n+](=O)c(C(C)=O)c(C)n2[O-]. The van der Waals surface area contributed by atoms with Gasteiger partial charge >= 0.3 is 5.69 Å². The van der Waals surface area contributed by atoms with Gasteiger partial charge in [0.1, 0.15) is 11.3 Å². The lowest BCUT2D eigenvalue weighted by Crippen LogP contribution is -2.29. The van der Waals surface area contributed by atoms with Gasteiger partial charge in [-0.15, -0.1) is 0 Å². The Kier molecular flexibility index (Phi) is 3.25. The maximum atomic E-state index is 12.2. The van der Waals surface area contributed by atoms with Crippen molar-refractivity contribution < 1.29 is 14.0 Å². The van der Waals surface area contributed by atoms with E-state index in [9.17, 15) is 14.9 Å². The summed E-state index contributed by atoms with van der Waals surface area (Å²) in [5, 5.41) is 12.0. The Hall–Kier alpha value is -2.37. The highest BCUT2D eigenvalue weighted by atomic mass is 16.5. The highest BCUT2D eigenvalue weighted by Gasteiger charge is 2.24. The minimum absolute atomic E-state index is 0.0964. The third-order valence-electron chi connectivity index (χ3n) is 2.88. The number of carbonyl (C=O) groups excluding carboxylic acids is 1. The van der Waals surface area contributed by atoms with Crippen molar-refractivity contribution in [2.45, 2.75) is 20.8 Å².